The average Bonchev–Trinajstić information content (AvgIpc) is 2.01. The number of benzene rings is 1. The van der Waals surface area contributed by atoms with Crippen LogP contribution in [0.5, 0.6) is 0 Å². The molecular weight excluding hydrogens is 214 g/mol. The Hall–Kier alpha value is -0.620. The minimum absolute atomic E-state index is 0.0177. The maximum atomic E-state index is 10.9. The van der Waals surface area contributed by atoms with Crippen molar-refractivity contribution in [2.75, 3.05) is 0 Å². The van der Waals surface area contributed by atoms with E-state index in [1.165, 1.54) is 18.2 Å². The highest BCUT2D eigenvalue weighted by Gasteiger charge is 2.12. The van der Waals surface area contributed by atoms with Gasteiger partial charge in [-0.15, -0.1) is 0 Å². The summed E-state index contributed by atoms with van der Waals surface area (Å²) in [6, 6.07) is 3.91. The van der Waals surface area contributed by atoms with Crippen LogP contribution in [0.15, 0.2) is 23.1 Å². The van der Waals surface area contributed by atoms with Crippen molar-refractivity contribution in [1.29, 1.82) is 0 Å². The molecular formula is C7H7ClNO3S. The zero-order valence-electron chi connectivity index (χ0n) is 6.53. The molecule has 71 valence electrons. The topological polar surface area (TPSA) is 80.1 Å². The van der Waals surface area contributed by atoms with Gasteiger partial charge >= 0.3 is 0 Å². The van der Waals surface area contributed by atoms with Crippen LogP contribution in [0.4, 0.5) is 0 Å². The first kappa shape index (κ1) is 10.5. The van der Waals surface area contributed by atoms with E-state index in [0.717, 1.165) is 0 Å². The predicted molar refractivity (Wildman–Crippen MR) is 47.2 cm³/mol. The van der Waals surface area contributed by atoms with Crippen molar-refractivity contribution in [3.63, 3.8) is 0 Å². The van der Waals surface area contributed by atoms with E-state index < -0.39 is 16.6 Å². The van der Waals surface area contributed by atoms with E-state index in [9.17, 15) is 13.5 Å². The van der Waals surface area contributed by atoms with Crippen LogP contribution in [0.3, 0.4) is 0 Å². The van der Waals surface area contributed by atoms with Crippen LogP contribution in [0, 0.1) is 0 Å². The maximum Gasteiger partial charge on any atom is 0.239 e. The molecule has 6 heteroatoms. The molecule has 0 aromatic heterocycles. The van der Waals surface area contributed by atoms with Gasteiger partial charge in [0.2, 0.25) is 10.0 Å². The first-order chi connectivity index (χ1) is 5.95. The second kappa shape index (κ2) is 3.63. The average molecular weight is 221 g/mol. The van der Waals surface area contributed by atoms with Crippen molar-refractivity contribution >= 4 is 21.6 Å². The van der Waals surface area contributed by atoms with Crippen LogP contribution in [0.1, 0.15) is 5.56 Å². The van der Waals surface area contributed by atoms with Gasteiger partial charge in [0.25, 0.3) is 0 Å². The summed E-state index contributed by atoms with van der Waals surface area (Å²) in [5, 5.41) is 15.2. The molecule has 0 atom stereocenters. The highest BCUT2D eigenvalue weighted by Crippen LogP contribution is 2.21. The van der Waals surface area contributed by atoms with E-state index in [4.69, 9.17) is 16.7 Å². The first-order valence-corrected chi connectivity index (χ1v) is 5.27. The number of rotatable bonds is 2. The Labute approximate surface area is 81.0 Å². The van der Waals surface area contributed by atoms with Crippen LogP contribution >= 0.6 is 11.6 Å². The molecule has 1 radical (unpaired) electrons. The van der Waals surface area contributed by atoms with Crippen molar-refractivity contribution < 1.29 is 13.5 Å². The van der Waals surface area contributed by atoms with Crippen LogP contribution in [0.25, 0.3) is 0 Å². The zero-order chi connectivity index (χ0) is 10.1. The first-order valence-electron chi connectivity index (χ1n) is 3.34. The number of sulfonamides is 1. The lowest BCUT2D eigenvalue weighted by molar-refractivity contribution is 0.177. The van der Waals surface area contributed by atoms with E-state index in [2.05, 4.69) is 0 Å². The van der Waals surface area contributed by atoms with Gasteiger partial charge in [-0.3, -0.25) is 0 Å². The maximum absolute atomic E-state index is 10.9. The molecule has 0 fully saturated rings. The van der Waals surface area contributed by atoms with Crippen molar-refractivity contribution in [3.8, 4) is 0 Å². The Morgan fingerprint density at radius 1 is 1.38 bits per heavy atom. The standard InChI is InChI=1S/C7H7ClNO3S/c8-6-3-5(4-10)1-2-7(6)13(9,11)12/h1-3H,4H2,(H2,9,11,12). The second-order valence-corrected chi connectivity index (χ2v) is 4.39. The van der Waals surface area contributed by atoms with Crippen LogP contribution in [0.2, 0.25) is 5.02 Å². The van der Waals surface area contributed by atoms with Gasteiger partial charge in [0.1, 0.15) is 11.5 Å². The number of halogens is 1. The number of hydrogen-bond acceptors (Lipinski definition) is 2. The molecule has 0 saturated heterocycles. The van der Waals surface area contributed by atoms with Crippen molar-refractivity contribution in [2.24, 2.45) is 5.14 Å². The van der Waals surface area contributed by atoms with Gasteiger partial charge in [0.15, 0.2) is 0 Å². The molecule has 0 saturated carbocycles. The molecule has 1 aromatic carbocycles. The molecule has 0 bridgehead atoms. The van der Waals surface area contributed by atoms with Gasteiger partial charge in [0.05, 0.1) is 5.02 Å². The smallest absolute Gasteiger partial charge is 0.232 e. The van der Waals surface area contributed by atoms with E-state index in [0.29, 0.717) is 5.56 Å². The number of primary sulfonamides is 1. The van der Waals surface area contributed by atoms with Crippen molar-refractivity contribution in [3.05, 3.63) is 28.8 Å². The molecule has 4 nitrogen and oxygen atoms in total. The van der Waals surface area contributed by atoms with Gasteiger partial charge in [0, 0.05) is 0 Å². The number of hydrogen-bond donors (Lipinski definition) is 1. The van der Waals surface area contributed by atoms with E-state index >= 15 is 0 Å². The third-order valence-electron chi connectivity index (χ3n) is 1.47. The summed E-state index contributed by atoms with van der Waals surface area (Å²) in [4.78, 5) is -0.161. The predicted octanol–water partition coefficient (Wildman–Crippen LogP) is 0.918. The fraction of sp³-hybridized carbons (Fsp3) is 0.143. The van der Waals surface area contributed by atoms with Gasteiger partial charge in [-0.25, -0.2) is 18.7 Å². The number of nitrogens with two attached hydrogens (primary N) is 1. The van der Waals surface area contributed by atoms with Gasteiger partial charge in [-0.2, -0.15) is 0 Å². The molecule has 0 aliphatic rings. The Kier molecular flexibility index (Phi) is 2.92. The van der Waals surface area contributed by atoms with E-state index in [1.54, 1.807) is 0 Å². The van der Waals surface area contributed by atoms with Crippen molar-refractivity contribution in [2.45, 2.75) is 11.5 Å². The fourth-order valence-electron chi connectivity index (χ4n) is 0.865. The van der Waals surface area contributed by atoms with Crippen LogP contribution in [-0.4, -0.2) is 8.42 Å². The van der Waals surface area contributed by atoms with Crippen LogP contribution < -0.4 is 5.14 Å². The highest BCUT2D eigenvalue weighted by molar-refractivity contribution is 7.89. The Balaban J connectivity index is 3.29. The summed E-state index contributed by atoms with van der Waals surface area (Å²) < 4.78 is 21.7. The Morgan fingerprint density at radius 3 is 2.38 bits per heavy atom. The second-order valence-electron chi connectivity index (χ2n) is 2.45. The van der Waals surface area contributed by atoms with Crippen molar-refractivity contribution in [1.82, 2.24) is 0 Å². The Morgan fingerprint density at radius 2 is 2.00 bits per heavy atom. The lowest BCUT2D eigenvalue weighted by Crippen LogP contribution is -2.12. The van der Waals surface area contributed by atoms with E-state index in [-0.39, 0.29) is 9.92 Å². The van der Waals surface area contributed by atoms with Gasteiger partial charge in [-0.05, 0) is 17.7 Å². The molecule has 0 spiro atoms. The molecule has 0 aliphatic carbocycles. The minimum atomic E-state index is -3.79. The molecule has 1 rings (SSSR count). The summed E-state index contributed by atoms with van der Waals surface area (Å²) in [6.45, 7) is -0.440. The zero-order valence-corrected chi connectivity index (χ0v) is 8.10. The van der Waals surface area contributed by atoms with Gasteiger partial charge in [-0.1, -0.05) is 17.7 Å². The van der Waals surface area contributed by atoms with E-state index in [1.807, 2.05) is 0 Å². The summed E-state index contributed by atoms with van der Waals surface area (Å²) in [6.07, 6.45) is 0. The molecule has 0 unspecified atom stereocenters. The SMILES string of the molecule is NS(=O)(=O)c1ccc(C[O])cc1Cl. The molecule has 13 heavy (non-hydrogen) atoms. The normalized spacial score (nSPS) is 11.6. The molecule has 0 heterocycles. The Bertz CT molecular complexity index is 416. The lowest BCUT2D eigenvalue weighted by atomic mass is 10.2. The van der Waals surface area contributed by atoms with Crippen LogP contribution in [-0.2, 0) is 21.7 Å². The summed E-state index contributed by atoms with van der Waals surface area (Å²) in [7, 11) is -3.79. The lowest BCUT2D eigenvalue weighted by Gasteiger charge is -2.02. The largest absolute Gasteiger partial charge is 0.239 e. The molecule has 0 aliphatic heterocycles. The quantitative estimate of drug-likeness (QED) is 0.804. The van der Waals surface area contributed by atoms with Gasteiger partial charge < -0.3 is 0 Å². The molecule has 2 N–H and O–H groups in total. The summed E-state index contributed by atoms with van der Waals surface area (Å²) in [5.41, 5.74) is 0.428. The third kappa shape index (κ3) is 2.41. The molecule has 0 amide bonds. The third-order valence-corrected chi connectivity index (χ3v) is 2.86. The monoisotopic (exact) mass is 220 g/mol. The fourth-order valence-corrected chi connectivity index (χ4v) is 1.98. The minimum Gasteiger partial charge on any atom is -0.232 e. The summed E-state index contributed by atoms with van der Waals surface area (Å²) in [5.74, 6) is 0. The molecule has 1 aromatic rings. The highest BCUT2D eigenvalue weighted by atomic mass is 35.5. The summed E-state index contributed by atoms with van der Waals surface area (Å²) >= 11 is 5.59.